The van der Waals surface area contributed by atoms with E-state index >= 15 is 0 Å². The van der Waals surface area contributed by atoms with Crippen molar-refractivity contribution in [2.45, 2.75) is 26.1 Å². The predicted molar refractivity (Wildman–Crippen MR) is 155 cm³/mol. The third-order valence-corrected chi connectivity index (χ3v) is 7.27. The zero-order valence-corrected chi connectivity index (χ0v) is 21.9. The van der Waals surface area contributed by atoms with Gasteiger partial charge in [0, 0.05) is 19.6 Å². The average Bonchev–Trinajstić information content (AvgIpc) is 3.14. The van der Waals surface area contributed by atoms with Crippen molar-refractivity contribution in [3.8, 4) is 0 Å². The Labute approximate surface area is 226 Å². The van der Waals surface area contributed by atoms with Crippen molar-refractivity contribution in [3.63, 3.8) is 0 Å². The molecular weight excluding hydrogens is 488 g/mol. The minimum Gasteiger partial charge on any atom is -0.341 e. The molecule has 0 aliphatic carbocycles. The molecule has 0 radical (unpaired) electrons. The average molecular weight is 521 g/mol. The first-order chi connectivity index (χ1) is 19.2. The number of rotatable bonds is 7. The van der Waals surface area contributed by atoms with E-state index in [0.29, 0.717) is 24.3 Å². The minimum absolute atomic E-state index is 0.197. The van der Waals surface area contributed by atoms with Crippen LogP contribution in [0.2, 0.25) is 0 Å². The highest BCUT2D eigenvalue weighted by atomic mass is 16.2. The maximum Gasteiger partial charge on any atom is 0.333 e. The van der Waals surface area contributed by atoms with Crippen LogP contribution >= 0.6 is 0 Å². The maximum absolute atomic E-state index is 14.2. The highest BCUT2D eigenvalue weighted by Crippen LogP contribution is 2.23. The Morgan fingerprint density at radius 1 is 0.641 bits per heavy atom. The van der Waals surface area contributed by atoms with Gasteiger partial charge in [0.15, 0.2) is 11.2 Å². The predicted octanol–water partition coefficient (Wildman–Crippen LogP) is 3.30. The van der Waals surface area contributed by atoms with Crippen LogP contribution in [0.1, 0.15) is 23.1 Å². The standard InChI is InChI=1S/C31H32N6O2/c38-29-27-28(33-30(34-19-10-17-32-18-20-34)35(27)21-24-11-4-1-5-12-24)36(22-25-13-6-2-7-14-25)31(39)37(29)23-26-15-8-3-9-16-26/h1-9,11-16,32H,10,17-23H2. The third kappa shape index (κ3) is 5.15. The van der Waals surface area contributed by atoms with Gasteiger partial charge in [-0.15, -0.1) is 0 Å². The lowest BCUT2D eigenvalue weighted by atomic mass is 10.2. The molecule has 0 bridgehead atoms. The van der Waals surface area contributed by atoms with Gasteiger partial charge >= 0.3 is 5.69 Å². The van der Waals surface area contributed by atoms with Crippen LogP contribution in [0.15, 0.2) is 101 Å². The van der Waals surface area contributed by atoms with Crippen LogP contribution in [-0.2, 0) is 19.6 Å². The van der Waals surface area contributed by atoms with E-state index in [1.165, 1.54) is 4.57 Å². The molecule has 3 aromatic carbocycles. The number of imidazole rings is 1. The molecule has 1 aliphatic rings. The van der Waals surface area contributed by atoms with Crippen LogP contribution in [0, 0.1) is 0 Å². The summed E-state index contributed by atoms with van der Waals surface area (Å²) in [6, 6.07) is 29.6. The fraction of sp³-hybridized carbons (Fsp3) is 0.258. The number of fused-ring (bicyclic) bond motifs is 1. The van der Waals surface area contributed by atoms with E-state index in [1.807, 2.05) is 83.4 Å². The van der Waals surface area contributed by atoms with E-state index in [1.54, 1.807) is 4.57 Å². The molecule has 1 fully saturated rings. The van der Waals surface area contributed by atoms with Gasteiger partial charge in [0.25, 0.3) is 5.56 Å². The molecule has 6 rings (SSSR count). The van der Waals surface area contributed by atoms with Crippen molar-refractivity contribution in [2.24, 2.45) is 0 Å². The summed E-state index contributed by atoms with van der Waals surface area (Å²) in [5.41, 5.74) is 3.17. The van der Waals surface area contributed by atoms with Crippen LogP contribution in [0.25, 0.3) is 11.2 Å². The molecule has 0 saturated carbocycles. The lowest BCUT2D eigenvalue weighted by Crippen LogP contribution is -2.41. The number of aromatic nitrogens is 4. The van der Waals surface area contributed by atoms with Gasteiger partial charge in [0.2, 0.25) is 5.95 Å². The van der Waals surface area contributed by atoms with Crippen molar-refractivity contribution >= 4 is 17.1 Å². The smallest absolute Gasteiger partial charge is 0.333 e. The van der Waals surface area contributed by atoms with Crippen LogP contribution < -0.4 is 21.5 Å². The summed E-state index contributed by atoms with van der Waals surface area (Å²) in [6.45, 7) is 4.39. The van der Waals surface area contributed by atoms with E-state index in [4.69, 9.17) is 4.98 Å². The lowest BCUT2D eigenvalue weighted by Gasteiger charge is -2.22. The van der Waals surface area contributed by atoms with Crippen LogP contribution in [0.4, 0.5) is 5.95 Å². The molecule has 2 aromatic heterocycles. The van der Waals surface area contributed by atoms with Gasteiger partial charge in [-0.25, -0.2) is 4.79 Å². The Balaban J connectivity index is 1.61. The van der Waals surface area contributed by atoms with E-state index in [9.17, 15) is 9.59 Å². The zero-order valence-electron chi connectivity index (χ0n) is 21.9. The van der Waals surface area contributed by atoms with Gasteiger partial charge in [0.1, 0.15) is 0 Å². The van der Waals surface area contributed by atoms with E-state index in [2.05, 4.69) is 22.3 Å². The normalized spacial score (nSPS) is 14.0. The van der Waals surface area contributed by atoms with Crippen LogP contribution in [0.3, 0.4) is 0 Å². The summed E-state index contributed by atoms with van der Waals surface area (Å²) < 4.78 is 5.04. The number of nitrogens with zero attached hydrogens (tertiary/aromatic N) is 5. The summed E-state index contributed by atoms with van der Waals surface area (Å²) in [5, 5.41) is 3.45. The Hall–Kier alpha value is -4.43. The molecule has 1 saturated heterocycles. The van der Waals surface area contributed by atoms with Gasteiger partial charge in [-0.3, -0.25) is 18.5 Å². The zero-order chi connectivity index (χ0) is 26.6. The van der Waals surface area contributed by atoms with Crippen molar-refractivity contribution in [2.75, 3.05) is 31.1 Å². The molecule has 0 unspecified atom stereocenters. The Kier molecular flexibility index (Phi) is 7.10. The molecule has 198 valence electrons. The largest absolute Gasteiger partial charge is 0.341 e. The molecule has 1 aliphatic heterocycles. The molecule has 8 nitrogen and oxygen atoms in total. The molecule has 3 heterocycles. The number of benzene rings is 3. The van der Waals surface area contributed by atoms with Crippen LogP contribution in [0.5, 0.6) is 0 Å². The van der Waals surface area contributed by atoms with Gasteiger partial charge in [-0.2, -0.15) is 4.98 Å². The van der Waals surface area contributed by atoms with Crippen molar-refractivity contribution < 1.29 is 0 Å². The second-order valence-electron chi connectivity index (χ2n) is 9.98. The topological polar surface area (TPSA) is 77.1 Å². The second kappa shape index (κ2) is 11.1. The Morgan fingerprint density at radius 2 is 1.18 bits per heavy atom. The number of hydrogen-bond donors (Lipinski definition) is 1. The van der Waals surface area contributed by atoms with E-state index in [0.717, 1.165) is 55.2 Å². The molecule has 0 amide bonds. The molecule has 0 atom stereocenters. The Morgan fingerprint density at radius 3 is 1.77 bits per heavy atom. The van der Waals surface area contributed by atoms with E-state index in [-0.39, 0.29) is 17.8 Å². The van der Waals surface area contributed by atoms with E-state index < -0.39 is 0 Å². The second-order valence-corrected chi connectivity index (χ2v) is 9.98. The molecule has 1 N–H and O–H groups in total. The first-order valence-corrected chi connectivity index (χ1v) is 13.5. The quantitative estimate of drug-likeness (QED) is 0.356. The summed E-state index contributed by atoms with van der Waals surface area (Å²) in [6.07, 6.45) is 0.976. The Bertz CT molecular complexity index is 1670. The maximum atomic E-state index is 14.2. The fourth-order valence-corrected chi connectivity index (χ4v) is 5.30. The summed E-state index contributed by atoms with van der Waals surface area (Å²) in [7, 11) is 0. The third-order valence-electron chi connectivity index (χ3n) is 7.27. The molecule has 5 aromatic rings. The number of anilines is 1. The SMILES string of the molecule is O=c1c2c(nc(N3CCCNCC3)n2Cc2ccccc2)n(Cc2ccccc2)c(=O)n1Cc1ccccc1. The summed E-state index contributed by atoms with van der Waals surface area (Å²) in [5.74, 6) is 0.730. The van der Waals surface area contributed by atoms with Gasteiger partial charge in [-0.1, -0.05) is 91.0 Å². The summed E-state index contributed by atoms with van der Waals surface area (Å²) in [4.78, 5) is 35.5. The molecular formula is C31H32N6O2. The first kappa shape index (κ1) is 24.9. The number of nitrogens with one attached hydrogen (secondary N) is 1. The minimum atomic E-state index is -0.353. The van der Waals surface area contributed by atoms with Gasteiger partial charge in [0.05, 0.1) is 19.6 Å². The summed E-state index contributed by atoms with van der Waals surface area (Å²) >= 11 is 0. The monoisotopic (exact) mass is 520 g/mol. The highest BCUT2D eigenvalue weighted by Gasteiger charge is 2.25. The van der Waals surface area contributed by atoms with Crippen LogP contribution in [-0.4, -0.2) is 44.9 Å². The van der Waals surface area contributed by atoms with Crippen molar-refractivity contribution in [3.05, 3.63) is 129 Å². The first-order valence-electron chi connectivity index (χ1n) is 13.5. The fourth-order valence-electron chi connectivity index (χ4n) is 5.30. The number of hydrogen-bond acceptors (Lipinski definition) is 5. The van der Waals surface area contributed by atoms with Gasteiger partial charge < -0.3 is 10.2 Å². The van der Waals surface area contributed by atoms with Crippen molar-refractivity contribution in [1.82, 2.24) is 24.0 Å². The van der Waals surface area contributed by atoms with Gasteiger partial charge in [-0.05, 0) is 29.7 Å². The lowest BCUT2D eigenvalue weighted by molar-refractivity contribution is 0.628. The van der Waals surface area contributed by atoms with Crippen molar-refractivity contribution in [1.29, 1.82) is 0 Å². The molecule has 8 heteroatoms. The molecule has 0 spiro atoms. The molecule has 39 heavy (non-hydrogen) atoms. The highest BCUT2D eigenvalue weighted by molar-refractivity contribution is 5.75.